The fourth-order valence-electron chi connectivity index (χ4n) is 3.36. The summed E-state index contributed by atoms with van der Waals surface area (Å²) in [7, 11) is 3.96. The van der Waals surface area contributed by atoms with Crippen molar-refractivity contribution in [2.75, 3.05) is 20.2 Å². The lowest BCUT2D eigenvalue weighted by Crippen LogP contribution is -2.33. The average Bonchev–Trinajstić information content (AvgIpc) is 2.93. The van der Waals surface area contributed by atoms with Crippen LogP contribution in [0, 0.1) is 13.8 Å². The molecule has 0 fully saturated rings. The van der Waals surface area contributed by atoms with Crippen LogP contribution in [-0.2, 0) is 13.6 Å². The monoisotopic (exact) mass is 379 g/mol. The van der Waals surface area contributed by atoms with E-state index in [0.717, 1.165) is 29.2 Å². The maximum atomic E-state index is 10.3. The molecule has 2 aromatic carbocycles. The van der Waals surface area contributed by atoms with Crippen LogP contribution in [0.3, 0.4) is 0 Å². The molecule has 1 aromatic heterocycles. The second-order valence-corrected chi connectivity index (χ2v) is 7.32. The molecule has 1 N–H and O–H groups in total. The Balaban J connectivity index is 1.49. The minimum absolute atomic E-state index is 0.264. The van der Waals surface area contributed by atoms with Crippen molar-refractivity contribution in [1.29, 1.82) is 0 Å². The molecular formula is C23H29N3O2. The molecular weight excluding hydrogens is 350 g/mol. The van der Waals surface area contributed by atoms with Crippen molar-refractivity contribution < 1.29 is 9.84 Å². The predicted octanol–water partition coefficient (Wildman–Crippen LogP) is 3.58. The van der Waals surface area contributed by atoms with Crippen LogP contribution < -0.4 is 4.74 Å². The van der Waals surface area contributed by atoms with E-state index in [1.165, 1.54) is 11.1 Å². The first kappa shape index (κ1) is 20.1. The minimum Gasteiger partial charge on any atom is -0.491 e. The summed E-state index contributed by atoms with van der Waals surface area (Å²) in [6.45, 7) is 5.65. The highest BCUT2D eigenvalue weighted by atomic mass is 16.5. The van der Waals surface area contributed by atoms with Crippen molar-refractivity contribution >= 4 is 0 Å². The van der Waals surface area contributed by atoms with Crippen LogP contribution in [0.2, 0.25) is 0 Å². The largest absolute Gasteiger partial charge is 0.491 e. The van der Waals surface area contributed by atoms with Gasteiger partial charge in [-0.2, -0.15) is 5.10 Å². The van der Waals surface area contributed by atoms with Gasteiger partial charge in [0.05, 0.1) is 5.69 Å². The zero-order valence-electron chi connectivity index (χ0n) is 17.1. The standard InChI is InChI=1S/C23H29N3O2/c1-17-23(18(2)26(4)24-17)15-25(3)14-21(27)16-28-22-12-10-20(11-13-22)19-8-6-5-7-9-19/h5-13,21,27H,14-16H2,1-4H3. The number of benzene rings is 2. The molecule has 0 amide bonds. The van der Waals surface area contributed by atoms with Gasteiger partial charge in [0.2, 0.25) is 0 Å². The van der Waals surface area contributed by atoms with Gasteiger partial charge in [0, 0.05) is 31.4 Å². The summed E-state index contributed by atoms with van der Waals surface area (Å²) in [4.78, 5) is 2.10. The molecule has 1 unspecified atom stereocenters. The molecule has 5 heteroatoms. The summed E-state index contributed by atoms with van der Waals surface area (Å²) in [6, 6.07) is 18.2. The molecule has 148 valence electrons. The molecule has 0 radical (unpaired) electrons. The first-order valence-electron chi connectivity index (χ1n) is 9.58. The third-order valence-corrected chi connectivity index (χ3v) is 5.01. The number of likely N-dealkylation sites (N-methyl/N-ethyl adjacent to an activating group) is 1. The molecule has 0 aliphatic rings. The topological polar surface area (TPSA) is 50.5 Å². The average molecular weight is 380 g/mol. The minimum atomic E-state index is -0.559. The summed E-state index contributed by atoms with van der Waals surface area (Å²) in [6.07, 6.45) is -0.559. The molecule has 5 nitrogen and oxygen atoms in total. The number of nitrogens with zero attached hydrogens (tertiary/aromatic N) is 3. The van der Waals surface area contributed by atoms with Gasteiger partial charge in [0.15, 0.2) is 0 Å². The maximum absolute atomic E-state index is 10.3. The highest BCUT2D eigenvalue weighted by Gasteiger charge is 2.14. The van der Waals surface area contributed by atoms with Crippen molar-refractivity contribution in [2.45, 2.75) is 26.5 Å². The molecule has 0 saturated heterocycles. The Kier molecular flexibility index (Phi) is 6.49. The maximum Gasteiger partial charge on any atom is 0.119 e. The zero-order valence-corrected chi connectivity index (χ0v) is 17.1. The number of rotatable bonds is 8. The van der Waals surface area contributed by atoms with Crippen molar-refractivity contribution in [3.05, 3.63) is 71.5 Å². The van der Waals surface area contributed by atoms with Gasteiger partial charge in [-0.05, 0) is 44.2 Å². The fourth-order valence-corrected chi connectivity index (χ4v) is 3.36. The molecule has 0 aliphatic heterocycles. The van der Waals surface area contributed by atoms with Crippen molar-refractivity contribution in [3.8, 4) is 16.9 Å². The lowest BCUT2D eigenvalue weighted by molar-refractivity contribution is 0.0743. The number of aromatic nitrogens is 2. The van der Waals surface area contributed by atoms with Crippen LogP contribution in [0.25, 0.3) is 11.1 Å². The molecule has 3 aromatic rings. The second kappa shape index (κ2) is 9.04. The van der Waals surface area contributed by atoms with E-state index >= 15 is 0 Å². The van der Waals surface area contributed by atoms with Gasteiger partial charge in [0.1, 0.15) is 18.5 Å². The van der Waals surface area contributed by atoms with Gasteiger partial charge < -0.3 is 9.84 Å². The van der Waals surface area contributed by atoms with E-state index in [9.17, 15) is 5.11 Å². The van der Waals surface area contributed by atoms with E-state index in [2.05, 4.69) is 29.1 Å². The quantitative estimate of drug-likeness (QED) is 0.650. The number of hydrogen-bond acceptors (Lipinski definition) is 4. The highest BCUT2D eigenvalue weighted by molar-refractivity contribution is 5.63. The predicted molar refractivity (Wildman–Crippen MR) is 112 cm³/mol. The SMILES string of the molecule is Cc1nn(C)c(C)c1CN(C)CC(O)COc1ccc(-c2ccccc2)cc1. The van der Waals surface area contributed by atoms with E-state index < -0.39 is 6.10 Å². The third kappa shape index (κ3) is 5.00. The Labute approximate surface area is 167 Å². The fraction of sp³-hybridized carbons (Fsp3) is 0.348. The molecule has 1 atom stereocenters. The van der Waals surface area contributed by atoms with Crippen LogP contribution in [0.1, 0.15) is 17.0 Å². The summed E-state index contributed by atoms with van der Waals surface area (Å²) in [5, 5.41) is 14.8. The second-order valence-electron chi connectivity index (χ2n) is 7.32. The number of aliphatic hydroxyl groups is 1. The van der Waals surface area contributed by atoms with E-state index in [1.807, 2.05) is 68.2 Å². The van der Waals surface area contributed by atoms with Gasteiger partial charge in [-0.1, -0.05) is 42.5 Å². The molecule has 28 heavy (non-hydrogen) atoms. The van der Waals surface area contributed by atoms with Gasteiger partial charge >= 0.3 is 0 Å². The molecule has 0 bridgehead atoms. The first-order valence-corrected chi connectivity index (χ1v) is 9.58. The van der Waals surface area contributed by atoms with Gasteiger partial charge in [-0.3, -0.25) is 9.58 Å². The summed E-state index contributed by atoms with van der Waals surface area (Å²) in [5.74, 6) is 0.764. The molecule has 3 rings (SSSR count). The lowest BCUT2D eigenvalue weighted by Gasteiger charge is -2.21. The van der Waals surface area contributed by atoms with Crippen LogP contribution in [0.4, 0.5) is 0 Å². The number of aliphatic hydroxyl groups excluding tert-OH is 1. The first-order chi connectivity index (χ1) is 13.4. The van der Waals surface area contributed by atoms with Crippen molar-refractivity contribution in [3.63, 3.8) is 0 Å². The summed E-state index contributed by atoms with van der Waals surface area (Å²) < 4.78 is 7.67. The van der Waals surface area contributed by atoms with Gasteiger partial charge in [-0.25, -0.2) is 0 Å². The van der Waals surface area contributed by atoms with Crippen molar-refractivity contribution in [2.24, 2.45) is 7.05 Å². The number of ether oxygens (including phenoxy) is 1. The smallest absolute Gasteiger partial charge is 0.119 e. The van der Waals surface area contributed by atoms with E-state index in [0.29, 0.717) is 6.54 Å². The van der Waals surface area contributed by atoms with E-state index in [4.69, 9.17) is 4.74 Å². The van der Waals surface area contributed by atoms with Crippen LogP contribution >= 0.6 is 0 Å². The van der Waals surface area contributed by atoms with Crippen LogP contribution in [0.15, 0.2) is 54.6 Å². The summed E-state index contributed by atoms with van der Waals surface area (Å²) in [5.41, 5.74) is 5.74. The Morgan fingerprint density at radius 3 is 2.29 bits per heavy atom. The molecule has 0 spiro atoms. The van der Waals surface area contributed by atoms with E-state index in [1.54, 1.807) is 0 Å². The van der Waals surface area contributed by atoms with Gasteiger partial charge in [-0.15, -0.1) is 0 Å². The molecule has 0 aliphatic carbocycles. The zero-order chi connectivity index (χ0) is 20.1. The Bertz CT molecular complexity index is 888. The Morgan fingerprint density at radius 2 is 1.68 bits per heavy atom. The summed E-state index contributed by atoms with van der Waals surface area (Å²) >= 11 is 0. The lowest BCUT2D eigenvalue weighted by atomic mass is 10.1. The highest BCUT2D eigenvalue weighted by Crippen LogP contribution is 2.22. The normalized spacial score (nSPS) is 12.4. The number of aryl methyl sites for hydroxylation is 2. The van der Waals surface area contributed by atoms with Gasteiger partial charge in [0.25, 0.3) is 0 Å². The van der Waals surface area contributed by atoms with Crippen molar-refractivity contribution in [1.82, 2.24) is 14.7 Å². The Hall–Kier alpha value is -2.63. The van der Waals surface area contributed by atoms with E-state index in [-0.39, 0.29) is 6.61 Å². The van der Waals surface area contributed by atoms with Crippen LogP contribution in [0.5, 0.6) is 5.75 Å². The molecule has 1 heterocycles. The number of hydrogen-bond donors (Lipinski definition) is 1. The molecule has 0 saturated carbocycles. The van der Waals surface area contributed by atoms with Crippen LogP contribution in [-0.4, -0.2) is 46.1 Å². The Morgan fingerprint density at radius 1 is 1.04 bits per heavy atom. The third-order valence-electron chi connectivity index (χ3n) is 5.01.